The Balaban J connectivity index is 1.61. The Kier molecular flexibility index (Phi) is 4.33. The molecule has 1 atom stereocenters. The third kappa shape index (κ3) is 3.04. The van der Waals surface area contributed by atoms with Gasteiger partial charge in [-0.1, -0.05) is 41.9 Å². The molecule has 5 rings (SSSR count). The lowest BCUT2D eigenvalue weighted by atomic mass is 9.99. The van der Waals surface area contributed by atoms with Crippen molar-refractivity contribution in [1.29, 1.82) is 0 Å². The zero-order chi connectivity index (χ0) is 20.8. The van der Waals surface area contributed by atoms with Gasteiger partial charge in [0.2, 0.25) is 5.76 Å². The minimum Gasteiger partial charge on any atom is -0.457 e. The maximum Gasteiger partial charge on any atom is 0.288 e. The van der Waals surface area contributed by atoms with Crippen molar-refractivity contribution in [1.82, 2.24) is 5.32 Å². The first-order valence-corrected chi connectivity index (χ1v) is 9.79. The Morgan fingerprint density at radius 1 is 0.967 bits per heavy atom. The average Bonchev–Trinajstić information content (AvgIpc) is 3.07. The molecule has 6 heteroatoms. The van der Waals surface area contributed by atoms with Crippen molar-refractivity contribution in [2.24, 2.45) is 0 Å². The highest BCUT2D eigenvalue weighted by Gasteiger charge is 2.36. The van der Waals surface area contributed by atoms with E-state index in [1.807, 2.05) is 55.5 Å². The van der Waals surface area contributed by atoms with Crippen LogP contribution in [0.2, 0.25) is 5.02 Å². The van der Waals surface area contributed by atoms with Crippen LogP contribution in [0.1, 0.15) is 33.3 Å². The summed E-state index contributed by atoms with van der Waals surface area (Å²) in [5, 5.41) is 3.67. The van der Waals surface area contributed by atoms with Crippen molar-refractivity contribution < 1.29 is 13.9 Å². The van der Waals surface area contributed by atoms with Gasteiger partial charge in [-0.2, -0.15) is 0 Å². The van der Waals surface area contributed by atoms with E-state index < -0.39 is 11.9 Å². The van der Waals surface area contributed by atoms with Crippen molar-refractivity contribution in [3.8, 4) is 11.5 Å². The second kappa shape index (κ2) is 7.04. The summed E-state index contributed by atoms with van der Waals surface area (Å²) in [6, 6.07) is 19.3. The first-order chi connectivity index (χ1) is 14.5. The number of nitrogens with one attached hydrogen (secondary N) is 1. The van der Waals surface area contributed by atoms with Crippen LogP contribution < -0.4 is 15.5 Å². The van der Waals surface area contributed by atoms with E-state index in [0.29, 0.717) is 27.5 Å². The van der Waals surface area contributed by atoms with Crippen molar-refractivity contribution in [3.63, 3.8) is 0 Å². The normalized spacial score (nSPS) is 15.1. The van der Waals surface area contributed by atoms with E-state index in [1.54, 1.807) is 18.2 Å². The quantitative estimate of drug-likeness (QED) is 0.486. The molecule has 0 saturated heterocycles. The standard InChI is InChI=1S/C24H16ClNO4/c1-13-10-19-17(12-18(13)25)22(27)20-21(26-24(28)23(20)30-19)14-6-5-9-16(11-14)29-15-7-3-2-4-8-15/h2-12,21H,1H3,(H,26,28). The zero-order valence-corrected chi connectivity index (χ0v) is 16.7. The Hall–Kier alpha value is -3.57. The molecule has 1 unspecified atom stereocenters. The summed E-state index contributed by atoms with van der Waals surface area (Å²) in [6.07, 6.45) is 0. The first kappa shape index (κ1) is 18.5. The fraction of sp³-hybridized carbons (Fsp3) is 0.0833. The monoisotopic (exact) mass is 417 g/mol. The molecule has 0 saturated carbocycles. The maximum atomic E-state index is 13.2. The largest absolute Gasteiger partial charge is 0.457 e. The van der Waals surface area contributed by atoms with Crippen molar-refractivity contribution >= 4 is 28.5 Å². The van der Waals surface area contributed by atoms with Gasteiger partial charge in [0, 0.05) is 5.02 Å². The third-order valence-corrected chi connectivity index (χ3v) is 5.55. The number of rotatable bonds is 3. The van der Waals surface area contributed by atoms with Crippen LogP contribution >= 0.6 is 11.6 Å². The molecule has 0 bridgehead atoms. The highest BCUT2D eigenvalue weighted by atomic mass is 35.5. The van der Waals surface area contributed by atoms with Crippen LogP contribution in [0.25, 0.3) is 11.0 Å². The molecule has 3 aromatic carbocycles. The average molecular weight is 418 g/mol. The molecule has 5 nitrogen and oxygen atoms in total. The van der Waals surface area contributed by atoms with E-state index in [4.69, 9.17) is 20.8 Å². The fourth-order valence-electron chi connectivity index (χ4n) is 3.66. The number of carbonyl (C=O) groups excluding carboxylic acids is 1. The van der Waals surface area contributed by atoms with E-state index >= 15 is 0 Å². The smallest absolute Gasteiger partial charge is 0.288 e. The number of hydrogen-bond donors (Lipinski definition) is 1. The third-order valence-electron chi connectivity index (χ3n) is 5.15. The molecule has 1 aliphatic heterocycles. The Labute approximate surface area is 176 Å². The van der Waals surface area contributed by atoms with Crippen molar-refractivity contribution in [2.75, 3.05) is 0 Å². The predicted octanol–water partition coefficient (Wildman–Crippen LogP) is 5.38. The van der Waals surface area contributed by atoms with Gasteiger partial charge >= 0.3 is 0 Å². The first-order valence-electron chi connectivity index (χ1n) is 9.42. The summed E-state index contributed by atoms with van der Waals surface area (Å²) in [7, 11) is 0. The Morgan fingerprint density at radius 3 is 2.53 bits per heavy atom. The number of halogens is 1. The number of amides is 1. The summed E-state index contributed by atoms with van der Waals surface area (Å²) in [5.41, 5.74) is 1.85. The number of benzene rings is 3. The lowest BCUT2D eigenvalue weighted by Crippen LogP contribution is -2.21. The van der Waals surface area contributed by atoms with Crippen LogP contribution in [0.15, 0.2) is 75.9 Å². The van der Waals surface area contributed by atoms with E-state index in [9.17, 15) is 9.59 Å². The van der Waals surface area contributed by atoms with Gasteiger partial charge in [-0.25, -0.2) is 0 Å². The molecule has 0 spiro atoms. The second-order valence-electron chi connectivity index (χ2n) is 7.17. The second-order valence-corrected chi connectivity index (χ2v) is 7.57. The number of carbonyl (C=O) groups is 1. The molecule has 1 aliphatic rings. The van der Waals surface area contributed by atoms with Gasteiger partial charge < -0.3 is 14.5 Å². The Bertz CT molecular complexity index is 1360. The lowest BCUT2D eigenvalue weighted by molar-refractivity contribution is 0.0938. The number of para-hydroxylation sites is 1. The fourth-order valence-corrected chi connectivity index (χ4v) is 3.83. The topological polar surface area (TPSA) is 68.5 Å². The number of aryl methyl sites for hydroxylation is 1. The van der Waals surface area contributed by atoms with E-state index in [1.165, 1.54) is 0 Å². The minimum atomic E-state index is -0.632. The van der Waals surface area contributed by atoms with Gasteiger partial charge in [0.1, 0.15) is 17.1 Å². The number of hydrogen-bond acceptors (Lipinski definition) is 4. The summed E-state index contributed by atoms with van der Waals surface area (Å²) in [5.74, 6) is 0.913. The van der Waals surface area contributed by atoms with E-state index in [0.717, 1.165) is 11.1 Å². The molecule has 1 aromatic heterocycles. The van der Waals surface area contributed by atoms with E-state index in [-0.39, 0.29) is 16.8 Å². The number of ether oxygens (including phenoxy) is 1. The van der Waals surface area contributed by atoms with Gasteiger partial charge in [-0.15, -0.1) is 0 Å². The Morgan fingerprint density at radius 2 is 1.73 bits per heavy atom. The molecule has 2 heterocycles. The molecular formula is C24H16ClNO4. The summed E-state index contributed by atoms with van der Waals surface area (Å²) in [6.45, 7) is 1.82. The SMILES string of the molecule is Cc1cc2oc3c(c(=O)c2cc1Cl)C(c1cccc(Oc2ccccc2)c1)NC3=O. The van der Waals surface area contributed by atoms with E-state index in [2.05, 4.69) is 5.32 Å². The van der Waals surface area contributed by atoms with Gasteiger partial charge in [0.15, 0.2) is 5.43 Å². The summed E-state index contributed by atoms with van der Waals surface area (Å²) < 4.78 is 11.7. The summed E-state index contributed by atoms with van der Waals surface area (Å²) in [4.78, 5) is 25.8. The zero-order valence-electron chi connectivity index (χ0n) is 15.9. The van der Waals surface area contributed by atoms with Crippen LogP contribution in [-0.2, 0) is 0 Å². The highest BCUT2D eigenvalue weighted by Crippen LogP contribution is 2.34. The van der Waals surface area contributed by atoms with Crippen LogP contribution in [0, 0.1) is 6.92 Å². The molecule has 1 N–H and O–H groups in total. The number of fused-ring (bicyclic) bond motifs is 2. The predicted molar refractivity (Wildman–Crippen MR) is 114 cm³/mol. The molecule has 0 aliphatic carbocycles. The van der Waals surface area contributed by atoms with Crippen LogP contribution in [-0.4, -0.2) is 5.91 Å². The maximum absolute atomic E-state index is 13.2. The van der Waals surface area contributed by atoms with Gasteiger partial charge in [0.05, 0.1) is 17.0 Å². The van der Waals surface area contributed by atoms with Gasteiger partial charge in [0.25, 0.3) is 5.91 Å². The molecule has 1 amide bonds. The van der Waals surface area contributed by atoms with Crippen molar-refractivity contribution in [3.05, 3.63) is 104 Å². The minimum absolute atomic E-state index is 0.0357. The van der Waals surface area contributed by atoms with Crippen LogP contribution in [0.4, 0.5) is 0 Å². The van der Waals surface area contributed by atoms with Gasteiger partial charge in [-0.05, 0) is 54.4 Å². The lowest BCUT2D eigenvalue weighted by Gasteiger charge is -2.13. The van der Waals surface area contributed by atoms with Crippen LogP contribution in [0.3, 0.4) is 0 Å². The van der Waals surface area contributed by atoms with Gasteiger partial charge in [-0.3, -0.25) is 9.59 Å². The molecule has 30 heavy (non-hydrogen) atoms. The molecule has 4 aromatic rings. The molecule has 148 valence electrons. The highest BCUT2D eigenvalue weighted by molar-refractivity contribution is 6.32. The van der Waals surface area contributed by atoms with Crippen molar-refractivity contribution in [2.45, 2.75) is 13.0 Å². The molecular weight excluding hydrogens is 402 g/mol. The molecule has 0 fully saturated rings. The summed E-state index contributed by atoms with van der Waals surface area (Å²) >= 11 is 6.21. The molecule has 0 radical (unpaired) electrons. The van der Waals surface area contributed by atoms with Crippen LogP contribution in [0.5, 0.6) is 11.5 Å².